The van der Waals surface area contributed by atoms with Crippen molar-refractivity contribution in [3.8, 4) is 0 Å². The number of hydrogen-bond acceptors (Lipinski definition) is 9. The third-order valence-corrected chi connectivity index (χ3v) is 7.44. The highest BCUT2D eigenvalue weighted by atomic mass is 33.1. The van der Waals surface area contributed by atoms with Gasteiger partial charge in [0.05, 0.1) is 0 Å². The molecular weight excluding hydrogens is 455 g/mol. The predicted molar refractivity (Wildman–Crippen MR) is 136 cm³/mol. The lowest BCUT2D eigenvalue weighted by Gasteiger charge is -2.19. The van der Waals surface area contributed by atoms with E-state index in [9.17, 15) is 4.79 Å². The molecule has 0 spiro atoms. The van der Waals surface area contributed by atoms with Crippen LogP contribution in [0.5, 0.6) is 0 Å². The van der Waals surface area contributed by atoms with Crippen LogP contribution >= 0.6 is 43.2 Å². The highest BCUT2D eigenvalue weighted by molar-refractivity contribution is 8.77. The normalized spacial score (nSPS) is 10.4. The van der Waals surface area contributed by atoms with Gasteiger partial charge in [-0.05, 0) is 73.0 Å². The summed E-state index contributed by atoms with van der Waals surface area (Å²) in [5, 5.41) is 2.05. The number of nitrogens with zero attached hydrogens (tertiary/aromatic N) is 2. The molecule has 2 rings (SSSR count). The van der Waals surface area contributed by atoms with Crippen LogP contribution in [0.2, 0.25) is 0 Å². The molecule has 9 heteroatoms. The fraction of sp³-hybridized carbons (Fsp3) is 0.476. The molecule has 2 aromatic heterocycles. The summed E-state index contributed by atoms with van der Waals surface area (Å²) in [5.74, 6) is 1.77. The molecule has 0 saturated heterocycles. The van der Waals surface area contributed by atoms with Crippen LogP contribution in [0.4, 0.5) is 0 Å². The summed E-state index contributed by atoms with van der Waals surface area (Å²) in [6.45, 7) is 6.38. The molecule has 0 unspecified atom stereocenters. The fourth-order valence-electron chi connectivity index (χ4n) is 1.71. The Hall–Kier alpha value is -0.870. The second kappa shape index (κ2) is 17.8. The molecule has 0 fully saturated rings. The van der Waals surface area contributed by atoms with Crippen LogP contribution in [-0.2, 0) is 9.53 Å². The molecule has 2 heterocycles. The van der Waals surface area contributed by atoms with Crippen LogP contribution in [0.3, 0.4) is 0 Å². The summed E-state index contributed by atoms with van der Waals surface area (Å²) in [7, 11) is 6.76. The molecule has 5 nitrogen and oxygen atoms in total. The molecule has 0 aliphatic rings. The molecule has 0 amide bonds. The van der Waals surface area contributed by atoms with Gasteiger partial charge in [0.2, 0.25) is 0 Å². The first-order chi connectivity index (χ1) is 13.9. The first-order valence-electron chi connectivity index (χ1n) is 9.23. The smallest absolute Gasteiger partial charge is 0.306 e. The van der Waals surface area contributed by atoms with Crippen molar-refractivity contribution in [2.75, 3.05) is 18.1 Å². The van der Waals surface area contributed by atoms with Crippen molar-refractivity contribution in [2.24, 2.45) is 5.73 Å². The third-order valence-electron chi connectivity index (χ3n) is 2.79. The van der Waals surface area contributed by atoms with Gasteiger partial charge >= 0.3 is 5.97 Å². The number of aromatic nitrogens is 2. The van der Waals surface area contributed by atoms with Gasteiger partial charge in [0.1, 0.15) is 15.7 Å². The van der Waals surface area contributed by atoms with E-state index in [1.165, 1.54) is 0 Å². The second-order valence-electron chi connectivity index (χ2n) is 6.63. The summed E-state index contributed by atoms with van der Waals surface area (Å²) in [4.78, 5) is 19.8. The van der Waals surface area contributed by atoms with Crippen molar-refractivity contribution in [1.82, 2.24) is 9.97 Å². The van der Waals surface area contributed by atoms with E-state index in [-0.39, 0.29) is 19.0 Å². The van der Waals surface area contributed by atoms with E-state index in [1.54, 1.807) is 55.6 Å². The molecule has 2 N–H and O–H groups in total. The maximum atomic E-state index is 11.4. The Morgan fingerprint density at radius 3 is 1.93 bits per heavy atom. The number of rotatable bonds is 10. The Labute approximate surface area is 197 Å². The summed E-state index contributed by atoms with van der Waals surface area (Å²) >= 11 is 0. The average Bonchev–Trinajstić information content (AvgIpc) is 2.69. The minimum atomic E-state index is -0.382. The van der Waals surface area contributed by atoms with Gasteiger partial charge < -0.3 is 10.5 Å². The standard InChI is InChI=1S/C13H19NO2S2.C7H10N2S2.CH4/c1-13(2,3)16-12(15)8-6-10-17-18-11-7-4-5-9-14-11;8-4-6-10-11-7-3-1-2-5-9-7;/h4-5,7,9H,6,8,10H2,1-3H3;1-3,5H,4,6,8H2;1H4. The molecule has 0 saturated carbocycles. The molecule has 2 aromatic rings. The van der Waals surface area contributed by atoms with Crippen molar-refractivity contribution in [2.45, 2.75) is 56.7 Å². The first kappa shape index (κ1) is 29.1. The summed E-state index contributed by atoms with van der Waals surface area (Å²) in [6, 6.07) is 11.7. The Bertz CT molecular complexity index is 671. The van der Waals surface area contributed by atoms with Crippen molar-refractivity contribution in [3.63, 3.8) is 0 Å². The lowest BCUT2D eigenvalue weighted by molar-refractivity contribution is -0.154. The molecule has 0 aromatic carbocycles. The first-order valence-corrected chi connectivity index (χ1v) is 13.9. The Kier molecular flexibility index (Phi) is 17.3. The molecule has 0 bridgehead atoms. The topological polar surface area (TPSA) is 78.1 Å². The maximum Gasteiger partial charge on any atom is 0.306 e. The number of ether oxygens (including phenoxy) is 1. The monoisotopic (exact) mass is 487 g/mol. The highest BCUT2D eigenvalue weighted by Gasteiger charge is 2.15. The van der Waals surface area contributed by atoms with Gasteiger partial charge in [-0.3, -0.25) is 4.79 Å². The van der Waals surface area contributed by atoms with Crippen LogP contribution in [0, 0.1) is 0 Å². The van der Waals surface area contributed by atoms with Crippen molar-refractivity contribution < 1.29 is 9.53 Å². The molecule has 0 aliphatic carbocycles. The fourth-order valence-corrected chi connectivity index (χ4v) is 5.41. The SMILES string of the molecule is C.CC(C)(C)OC(=O)CCCSSc1ccccn1.NCCSSc1ccccn1. The maximum absolute atomic E-state index is 11.4. The molecule has 168 valence electrons. The molecule has 30 heavy (non-hydrogen) atoms. The van der Waals surface area contributed by atoms with E-state index in [2.05, 4.69) is 9.97 Å². The van der Waals surface area contributed by atoms with Gasteiger partial charge in [-0.15, -0.1) is 0 Å². The molecule has 0 atom stereocenters. The van der Waals surface area contributed by atoms with E-state index in [0.29, 0.717) is 6.42 Å². The zero-order valence-electron chi connectivity index (χ0n) is 17.1. The lowest BCUT2D eigenvalue weighted by Crippen LogP contribution is -2.23. The number of pyridine rings is 2. The molecule has 0 radical (unpaired) electrons. The zero-order chi connectivity index (χ0) is 21.4. The Morgan fingerprint density at radius 2 is 1.50 bits per heavy atom. The van der Waals surface area contributed by atoms with Crippen LogP contribution in [0.25, 0.3) is 0 Å². The van der Waals surface area contributed by atoms with Gasteiger partial charge in [-0.1, -0.05) is 41.1 Å². The van der Waals surface area contributed by atoms with E-state index < -0.39 is 0 Å². The van der Waals surface area contributed by atoms with Crippen LogP contribution in [-0.4, -0.2) is 39.6 Å². The minimum Gasteiger partial charge on any atom is -0.460 e. The molecule has 0 aliphatic heterocycles. The van der Waals surface area contributed by atoms with E-state index >= 15 is 0 Å². The van der Waals surface area contributed by atoms with E-state index in [1.807, 2.05) is 57.2 Å². The van der Waals surface area contributed by atoms with Crippen molar-refractivity contribution in [1.29, 1.82) is 0 Å². The number of hydrogen-bond donors (Lipinski definition) is 1. The number of carbonyl (C=O) groups excluding carboxylic acids is 1. The quantitative estimate of drug-likeness (QED) is 0.234. The minimum absolute atomic E-state index is 0. The van der Waals surface area contributed by atoms with Gasteiger partial charge in [0.15, 0.2) is 0 Å². The summed E-state index contributed by atoms with van der Waals surface area (Å²) < 4.78 is 5.24. The summed E-state index contributed by atoms with van der Waals surface area (Å²) in [5.41, 5.74) is 4.96. The van der Waals surface area contributed by atoms with Gasteiger partial charge in [0.25, 0.3) is 0 Å². The predicted octanol–water partition coefficient (Wildman–Crippen LogP) is 6.36. The van der Waals surface area contributed by atoms with Crippen LogP contribution < -0.4 is 5.73 Å². The van der Waals surface area contributed by atoms with Crippen molar-refractivity contribution in [3.05, 3.63) is 48.8 Å². The van der Waals surface area contributed by atoms with E-state index in [4.69, 9.17) is 10.5 Å². The second-order valence-corrected chi connectivity index (χ2v) is 11.5. The average molecular weight is 488 g/mol. The summed E-state index contributed by atoms with van der Waals surface area (Å²) in [6.07, 6.45) is 4.89. The zero-order valence-corrected chi connectivity index (χ0v) is 20.3. The molecular formula is C21H33N3O2S4. The number of esters is 1. The lowest BCUT2D eigenvalue weighted by atomic mass is 10.2. The Balaban J connectivity index is 0.000000603. The van der Waals surface area contributed by atoms with Crippen molar-refractivity contribution >= 4 is 49.1 Å². The Morgan fingerprint density at radius 1 is 0.967 bits per heavy atom. The van der Waals surface area contributed by atoms with Crippen LogP contribution in [0.1, 0.15) is 41.0 Å². The third kappa shape index (κ3) is 16.9. The van der Waals surface area contributed by atoms with Gasteiger partial charge in [0, 0.05) is 36.9 Å². The van der Waals surface area contributed by atoms with Gasteiger partial charge in [-0.25, -0.2) is 9.97 Å². The number of nitrogens with two attached hydrogens (primary N) is 1. The largest absolute Gasteiger partial charge is 0.460 e. The van der Waals surface area contributed by atoms with E-state index in [0.717, 1.165) is 34.5 Å². The van der Waals surface area contributed by atoms with Gasteiger partial charge in [-0.2, -0.15) is 0 Å². The number of carbonyl (C=O) groups is 1. The highest BCUT2D eigenvalue weighted by Crippen LogP contribution is 2.29. The van der Waals surface area contributed by atoms with Crippen LogP contribution in [0.15, 0.2) is 58.8 Å².